The SMILES string of the molecule is CC#CCC1Cc2ccccc2C1=O. The Labute approximate surface area is 84.1 Å². The van der Waals surface area contributed by atoms with Crippen LogP contribution in [0.5, 0.6) is 0 Å². The third-order valence-corrected chi connectivity index (χ3v) is 2.65. The number of Topliss-reactive ketones (excluding diaryl/α,β-unsaturated/α-hetero) is 1. The van der Waals surface area contributed by atoms with Gasteiger partial charge in [-0.15, -0.1) is 11.8 Å². The summed E-state index contributed by atoms with van der Waals surface area (Å²) in [6, 6.07) is 7.86. The van der Waals surface area contributed by atoms with Gasteiger partial charge in [-0.25, -0.2) is 0 Å². The van der Waals surface area contributed by atoms with Gasteiger partial charge in [0.25, 0.3) is 0 Å². The predicted octanol–water partition coefficient (Wildman–Crippen LogP) is 2.46. The fraction of sp³-hybridized carbons (Fsp3) is 0.308. The lowest BCUT2D eigenvalue weighted by molar-refractivity contribution is 0.0939. The Balaban J connectivity index is 2.24. The Kier molecular flexibility index (Phi) is 2.37. The first-order chi connectivity index (χ1) is 6.83. The molecule has 0 fully saturated rings. The first kappa shape index (κ1) is 9.02. The van der Waals surface area contributed by atoms with Crippen molar-refractivity contribution in [2.24, 2.45) is 5.92 Å². The Hall–Kier alpha value is -1.55. The fourth-order valence-electron chi connectivity index (χ4n) is 1.91. The maximum absolute atomic E-state index is 11.8. The molecule has 0 spiro atoms. The summed E-state index contributed by atoms with van der Waals surface area (Å²) in [5, 5.41) is 0. The number of hydrogen-bond donors (Lipinski definition) is 0. The van der Waals surface area contributed by atoms with Crippen molar-refractivity contribution in [1.29, 1.82) is 0 Å². The zero-order chi connectivity index (χ0) is 9.97. The normalized spacial score (nSPS) is 18.6. The number of ketones is 1. The summed E-state index contributed by atoms with van der Waals surface area (Å²) in [4.78, 5) is 11.8. The number of benzene rings is 1. The van der Waals surface area contributed by atoms with Gasteiger partial charge in [0.15, 0.2) is 5.78 Å². The summed E-state index contributed by atoms with van der Waals surface area (Å²) in [6.45, 7) is 1.81. The molecule has 2 rings (SSSR count). The topological polar surface area (TPSA) is 17.1 Å². The number of carbonyl (C=O) groups is 1. The molecule has 14 heavy (non-hydrogen) atoms. The Morgan fingerprint density at radius 1 is 1.43 bits per heavy atom. The van der Waals surface area contributed by atoms with E-state index in [9.17, 15) is 4.79 Å². The molecule has 0 saturated carbocycles. The molecule has 1 nitrogen and oxygen atoms in total. The second-order valence-corrected chi connectivity index (χ2v) is 3.55. The number of rotatable bonds is 1. The molecule has 1 aliphatic rings. The van der Waals surface area contributed by atoms with E-state index in [1.807, 2.05) is 31.2 Å². The monoisotopic (exact) mass is 184 g/mol. The Bertz CT molecular complexity index is 420. The lowest BCUT2D eigenvalue weighted by Crippen LogP contribution is -2.07. The quantitative estimate of drug-likeness (QED) is 0.613. The highest BCUT2D eigenvalue weighted by molar-refractivity contribution is 6.02. The van der Waals surface area contributed by atoms with Crippen molar-refractivity contribution in [2.75, 3.05) is 0 Å². The van der Waals surface area contributed by atoms with E-state index in [0.29, 0.717) is 6.42 Å². The van der Waals surface area contributed by atoms with E-state index in [1.54, 1.807) is 0 Å². The first-order valence-corrected chi connectivity index (χ1v) is 4.84. The van der Waals surface area contributed by atoms with Crippen molar-refractivity contribution >= 4 is 5.78 Å². The zero-order valence-electron chi connectivity index (χ0n) is 8.21. The van der Waals surface area contributed by atoms with E-state index in [0.717, 1.165) is 12.0 Å². The molecule has 1 heteroatoms. The smallest absolute Gasteiger partial charge is 0.167 e. The summed E-state index contributed by atoms with van der Waals surface area (Å²) in [5.74, 6) is 6.19. The van der Waals surface area contributed by atoms with Crippen molar-refractivity contribution in [2.45, 2.75) is 19.8 Å². The summed E-state index contributed by atoms with van der Waals surface area (Å²) >= 11 is 0. The summed E-state index contributed by atoms with van der Waals surface area (Å²) in [5.41, 5.74) is 2.08. The molecule has 1 atom stereocenters. The highest BCUT2D eigenvalue weighted by Gasteiger charge is 2.28. The number of carbonyl (C=O) groups excluding carboxylic acids is 1. The van der Waals surface area contributed by atoms with Gasteiger partial charge in [0, 0.05) is 17.9 Å². The van der Waals surface area contributed by atoms with Crippen LogP contribution in [0.4, 0.5) is 0 Å². The van der Waals surface area contributed by atoms with E-state index >= 15 is 0 Å². The predicted molar refractivity (Wildman–Crippen MR) is 56.0 cm³/mol. The van der Waals surface area contributed by atoms with Crippen LogP contribution in [-0.4, -0.2) is 5.78 Å². The molecule has 70 valence electrons. The van der Waals surface area contributed by atoms with Crippen LogP contribution in [0.15, 0.2) is 24.3 Å². The molecule has 0 aliphatic heterocycles. The molecular formula is C13H12O. The van der Waals surface area contributed by atoms with Crippen molar-refractivity contribution < 1.29 is 4.79 Å². The van der Waals surface area contributed by atoms with Gasteiger partial charge in [0.1, 0.15) is 0 Å². The van der Waals surface area contributed by atoms with Crippen molar-refractivity contribution in [3.8, 4) is 11.8 Å². The van der Waals surface area contributed by atoms with Gasteiger partial charge < -0.3 is 0 Å². The minimum Gasteiger partial charge on any atom is -0.294 e. The largest absolute Gasteiger partial charge is 0.294 e. The van der Waals surface area contributed by atoms with Crippen LogP contribution in [0, 0.1) is 17.8 Å². The average molecular weight is 184 g/mol. The molecule has 0 radical (unpaired) electrons. The minimum absolute atomic E-state index is 0.0971. The van der Waals surface area contributed by atoms with E-state index in [-0.39, 0.29) is 11.7 Å². The van der Waals surface area contributed by atoms with Crippen LogP contribution in [0.25, 0.3) is 0 Å². The lowest BCUT2D eigenvalue weighted by Gasteiger charge is -2.00. The van der Waals surface area contributed by atoms with Crippen LogP contribution in [0.2, 0.25) is 0 Å². The summed E-state index contributed by atoms with van der Waals surface area (Å²) in [7, 11) is 0. The van der Waals surface area contributed by atoms with Crippen molar-refractivity contribution in [1.82, 2.24) is 0 Å². The minimum atomic E-state index is 0.0971. The molecule has 1 unspecified atom stereocenters. The van der Waals surface area contributed by atoms with Gasteiger partial charge >= 0.3 is 0 Å². The van der Waals surface area contributed by atoms with Crippen LogP contribution in [0.3, 0.4) is 0 Å². The Morgan fingerprint density at radius 2 is 2.21 bits per heavy atom. The maximum Gasteiger partial charge on any atom is 0.167 e. The molecule has 1 aromatic carbocycles. The molecule has 0 bridgehead atoms. The van der Waals surface area contributed by atoms with E-state index in [1.165, 1.54) is 5.56 Å². The standard InChI is InChI=1S/C13H12O/c1-2-3-6-11-9-10-7-4-5-8-12(10)13(11)14/h4-5,7-8,11H,6,9H2,1H3. The molecule has 1 aliphatic carbocycles. The summed E-state index contributed by atoms with van der Waals surface area (Å²) < 4.78 is 0. The van der Waals surface area contributed by atoms with Crippen LogP contribution < -0.4 is 0 Å². The van der Waals surface area contributed by atoms with E-state index in [2.05, 4.69) is 11.8 Å². The number of hydrogen-bond acceptors (Lipinski definition) is 1. The molecule has 0 saturated heterocycles. The van der Waals surface area contributed by atoms with E-state index in [4.69, 9.17) is 0 Å². The van der Waals surface area contributed by atoms with Gasteiger partial charge in [0.05, 0.1) is 0 Å². The highest BCUT2D eigenvalue weighted by Crippen LogP contribution is 2.28. The number of fused-ring (bicyclic) bond motifs is 1. The van der Waals surface area contributed by atoms with Gasteiger partial charge in [-0.2, -0.15) is 0 Å². The maximum atomic E-state index is 11.8. The first-order valence-electron chi connectivity index (χ1n) is 4.84. The third kappa shape index (κ3) is 1.44. The van der Waals surface area contributed by atoms with Crippen LogP contribution in [-0.2, 0) is 6.42 Å². The van der Waals surface area contributed by atoms with Crippen LogP contribution >= 0.6 is 0 Å². The van der Waals surface area contributed by atoms with Gasteiger partial charge in [-0.1, -0.05) is 24.3 Å². The highest BCUT2D eigenvalue weighted by atomic mass is 16.1. The molecule has 0 amide bonds. The third-order valence-electron chi connectivity index (χ3n) is 2.65. The average Bonchev–Trinajstić information content (AvgIpc) is 2.54. The van der Waals surface area contributed by atoms with Crippen molar-refractivity contribution in [3.63, 3.8) is 0 Å². The van der Waals surface area contributed by atoms with Crippen LogP contribution in [0.1, 0.15) is 29.3 Å². The Morgan fingerprint density at radius 3 is 2.93 bits per heavy atom. The van der Waals surface area contributed by atoms with Gasteiger partial charge in [-0.05, 0) is 18.9 Å². The molecule has 0 aromatic heterocycles. The zero-order valence-corrected chi connectivity index (χ0v) is 8.21. The van der Waals surface area contributed by atoms with E-state index < -0.39 is 0 Å². The molecular weight excluding hydrogens is 172 g/mol. The fourth-order valence-corrected chi connectivity index (χ4v) is 1.91. The van der Waals surface area contributed by atoms with Crippen molar-refractivity contribution in [3.05, 3.63) is 35.4 Å². The second-order valence-electron chi connectivity index (χ2n) is 3.55. The second kappa shape index (κ2) is 3.67. The molecule has 1 aromatic rings. The molecule has 0 heterocycles. The summed E-state index contributed by atoms with van der Waals surface area (Å²) in [6.07, 6.45) is 1.56. The van der Waals surface area contributed by atoms with Gasteiger partial charge in [-0.3, -0.25) is 4.79 Å². The lowest BCUT2D eigenvalue weighted by atomic mass is 10.0. The van der Waals surface area contributed by atoms with Gasteiger partial charge in [0.2, 0.25) is 0 Å². The molecule has 0 N–H and O–H groups in total.